The molecule has 0 atom stereocenters. The zero-order valence-corrected chi connectivity index (χ0v) is 88.3. The number of hydrogen-bond donors (Lipinski definition) is 0. The van der Waals surface area contributed by atoms with Crippen LogP contribution in [0.15, 0.2) is 243 Å². The van der Waals surface area contributed by atoms with Gasteiger partial charge in [-0.25, -0.2) is 0 Å². The van der Waals surface area contributed by atoms with E-state index in [4.69, 9.17) is 0 Å². The van der Waals surface area contributed by atoms with E-state index in [1.54, 1.807) is 0 Å². The van der Waals surface area contributed by atoms with Gasteiger partial charge in [-0.3, -0.25) is 0 Å². The van der Waals surface area contributed by atoms with Crippen LogP contribution in [0, 0.1) is 48.7 Å². The minimum Gasteiger partial charge on any atom is -0.310 e. The molecule has 0 radical (unpaired) electrons. The predicted octanol–water partition coefficient (Wildman–Crippen LogP) is 35.5. The van der Waals surface area contributed by atoms with Gasteiger partial charge in [0, 0.05) is 91.6 Å². The lowest BCUT2D eigenvalue weighted by Gasteiger charge is -2.46. The Balaban J connectivity index is 1.13. The van der Waals surface area contributed by atoms with Crippen molar-refractivity contribution in [3.63, 3.8) is 0 Å². The third kappa shape index (κ3) is 20.9. The molecule has 0 N–H and O–H groups in total. The lowest BCUT2D eigenvalue weighted by molar-refractivity contribution is 0.411. The molecule has 4 heterocycles. The van der Waals surface area contributed by atoms with Crippen LogP contribution < -0.4 is 26.2 Å². The van der Waals surface area contributed by atoms with Gasteiger partial charge in [0.1, 0.15) is 0 Å². The fourth-order valence-electron chi connectivity index (χ4n) is 21.2. The second kappa shape index (κ2) is 34.6. The molecule has 2 aromatic heterocycles. The zero-order valence-electron chi connectivity index (χ0n) is 98.3. The molecule has 0 fully saturated rings. The molecule has 0 bridgehead atoms. The van der Waals surface area contributed by atoms with Crippen LogP contribution in [0.3, 0.4) is 0 Å². The average Bonchev–Trinajstić information content (AvgIpc) is 0.875. The first-order valence-electron chi connectivity index (χ1n) is 55.1. The highest BCUT2D eigenvalue weighted by Gasteiger charge is 2.47. The average molecular weight is 1810 g/mol. The molecule has 17 rings (SSSR count). The summed E-state index contributed by atoms with van der Waals surface area (Å²) in [6, 6.07) is 89.5. The number of rotatable bonds is 17. The Morgan fingerprint density at radius 2 is 0.478 bits per heavy atom. The normalized spacial score (nSPS) is 15.5. The summed E-state index contributed by atoms with van der Waals surface area (Å²) in [7, 11) is 0. The van der Waals surface area contributed by atoms with E-state index in [9.17, 15) is 13.7 Å². The number of benzene rings is 13. The molecule has 13 aromatic carbocycles. The lowest BCUT2D eigenvalue weighted by atomic mass is 9.33. The van der Waals surface area contributed by atoms with E-state index in [1.165, 1.54) is 22.3 Å². The molecule has 136 heavy (non-hydrogen) atoms. The third-order valence-corrected chi connectivity index (χ3v) is 26.0. The maximum absolute atomic E-state index is 11.4. The van der Waals surface area contributed by atoms with Gasteiger partial charge < -0.3 is 18.9 Å². The molecule has 704 valence electrons. The highest BCUT2D eigenvalue weighted by molar-refractivity contribution is 7.00. The fraction of sp³-hybridized carbons (Fsp3) is 0.405. The molecule has 15 aromatic rings. The molecule has 5 heteroatoms. The molecule has 2 aliphatic rings. The summed E-state index contributed by atoms with van der Waals surface area (Å²) >= 11 is 0. The van der Waals surface area contributed by atoms with Crippen LogP contribution in [0.4, 0.5) is 34.1 Å². The Labute approximate surface area is 833 Å². The van der Waals surface area contributed by atoms with Gasteiger partial charge in [0.05, 0.1) is 33.4 Å². The largest absolute Gasteiger partial charge is 0.310 e. The van der Waals surface area contributed by atoms with Crippen LogP contribution in [0.25, 0.3) is 99.5 Å². The van der Waals surface area contributed by atoms with Gasteiger partial charge in [-0.05, 0) is 326 Å². The van der Waals surface area contributed by atoms with Gasteiger partial charge >= 0.3 is 0 Å². The fourth-order valence-corrected chi connectivity index (χ4v) is 21.2. The van der Waals surface area contributed by atoms with Crippen molar-refractivity contribution in [2.24, 2.45) is 48.7 Å². The molecule has 0 saturated carbocycles. The van der Waals surface area contributed by atoms with Crippen LogP contribution in [0.1, 0.15) is 303 Å². The van der Waals surface area contributed by atoms with E-state index in [2.05, 4.69) is 338 Å². The molecule has 2 aliphatic heterocycles. The Hall–Kier alpha value is -10.9. The number of fused-ring (bicyclic) bond motifs is 10. The highest BCUT2D eigenvalue weighted by Crippen LogP contribution is 2.57. The van der Waals surface area contributed by atoms with Crippen molar-refractivity contribution < 1.29 is 13.7 Å². The van der Waals surface area contributed by atoms with Gasteiger partial charge in [-0.2, -0.15) is 0 Å². The molecule has 0 aliphatic carbocycles. The first-order valence-corrected chi connectivity index (χ1v) is 50.1. The maximum Gasteiger partial charge on any atom is 0.252 e. The molecule has 4 nitrogen and oxygen atoms in total. The Morgan fingerprint density at radius 3 is 0.713 bits per heavy atom. The van der Waals surface area contributed by atoms with Crippen LogP contribution >= 0.6 is 0 Å². The summed E-state index contributed by atoms with van der Waals surface area (Å²) in [6.45, 7) is 70.5. The Morgan fingerprint density at radius 1 is 0.228 bits per heavy atom. The molecular formula is C131H157BN4. The second-order valence-electron chi connectivity index (χ2n) is 52.1. The predicted molar refractivity (Wildman–Crippen MR) is 597 cm³/mol. The maximum atomic E-state index is 11.4. The van der Waals surface area contributed by atoms with Gasteiger partial charge in [0.25, 0.3) is 6.71 Å². The first kappa shape index (κ1) is 84.4. The van der Waals surface area contributed by atoms with Crippen LogP contribution in [0.2, 0.25) is 0 Å². The highest BCUT2D eigenvalue weighted by atomic mass is 15.2. The van der Waals surface area contributed by atoms with E-state index in [0.717, 1.165) is 187 Å². The first-order chi connectivity index (χ1) is 67.0. The van der Waals surface area contributed by atoms with Crippen molar-refractivity contribution in [2.45, 2.75) is 297 Å². The summed E-state index contributed by atoms with van der Waals surface area (Å²) in [4.78, 5) is 5.14. The zero-order chi connectivity index (χ0) is 107. The molecule has 0 saturated heterocycles. The summed E-state index contributed by atoms with van der Waals surface area (Å²) < 4.78 is 107. The smallest absolute Gasteiger partial charge is 0.252 e. The van der Waals surface area contributed by atoms with E-state index in [-0.39, 0.29) is 21.7 Å². The van der Waals surface area contributed by atoms with Gasteiger partial charge in [-0.15, -0.1) is 0 Å². The van der Waals surface area contributed by atoms with Crippen molar-refractivity contribution in [1.82, 2.24) is 9.13 Å². The van der Waals surface area contributed by atoms with E-state index in [1.807, 2.05) is 152 Å². The van der Waals surface area contributed by atoms with Crippen molar-refractivity contribution >= 4 is 101 Å². The number of aromatic nitrogens is 2. The van der Waals surface area contributed by atoms with Gasteiger partial charge in [0.2, 0.25) is 0 Å². The molecular weight excluding hydrogens is 1640 g/mol. The van der Waals surface area contributed by atoms with E-state index >= 15 is 0 Å². The van der Waals surface area contributed by atoms with Crippen LogP contribution in [0.5, 0.6) is 0 Å². The number of hydrogen-bond acceptors (Lipinski definition) is 2. The van der Waals surface area contributed by atoms with E-state index < -0.39 is 76.5 Å². The summed E-state index contributed by atoms with van der Waals surface area (Å²) in [5, 5.41) is 3.16. The molecule has 0 spiro atoms. The topological polar surface area (TPSA) is 16.3 Å². The molecule has 0 unspecified atom stereocenters. The Kier molecular flexibility index (Phi) is 21.5. The van der Waals surface area contributed by atoms with E-state index in [0.29, 0.717) is 27.8 Å². The second-order valence-corrected chi connectivity index (χ2v) is 52.1. The van der Waals surface area contributed by atoms with Crippen molar-refractivity contribution in [3.05, 3.63) is 304 Å². The monoisotopic (exact) mass is 1810 g/mol. The standard InChI is InChI=1S/C131H157BN4/c1-121(2,3)74-83-38-34-42-92(58-83)100-68-96(130(28,29)30)69-101(93-43-35-39-84(59-93)75-122(4,5)6)119(100)135-114-72-98(133-110-54-46-87(78-125(13,14)15)62-104(110)105-63-88(47-55-111(105)133)79-126(16,17)18)50-52-108(114)132-109-53-51-99(134-112-56-48-89(80-127(19,20)21)64-106(112)107-65-90(49-57-113(107)134)81-128(22,23)24)73-115(109)136(117-67-91(82-129(25,26)27)66-116(135)118(117)132)120-102(94-44-36-40-85(60-94)76-123(7,8)9)70-97(131(31,32)33)71-103(120)95-45-37-41-86(61-95)77-124(10,11)12/h34-73H,74-82H2,1-33H3/i78D2,79D2,80D2,81D2,82D2. The number of anilines is 6. The van der Waals surface area contributed by atoms with Crippen molar-refractivity contribution in [1.29, 1.82) is 0 Å². The van der Waals surface area contributed by atoms with Crippen LogP contribution in [-0.2, 0) is 68.4 Å². The summed E-state index contributed by atoms with van der Waals surface area (Å²) in [6.07, 6.45) is -6.04. The summed E-state index contributed by atoms with van der Waals surface area (Å²) in [5.41, 5.74) is 25.2. The van der Waals surface area contributed by atoms with Gasteiger partial charge in [0.15, 0.2) is 0 Å². The van der Waals surface area contributed by atoms with Gasteiger partial charge in [-0.1, -0.05) is 362 Å². The van der Waals surface area contributed by atoms with Crippen molar-refractivity contribution in [3.8, 4) is 55.9 Å². The minimum atomic E-state index is -2.08. The van der Waals surface area contributed by atoms with Crippen LogP contribution in [-0.4, -0.2) is 15.8 Å². The number of nitrogens with zero attached hydrogens (tertiary/aromatic N) is 4. The molecule has 0 amide bonds. The van der Waals surface area contributed by atoms with Crippen molar-refractivity contribution in [2.75, 3.05) is 9.80 Å². The minimum absolute atomic E-state index is 0.0874. The lowest BCUT2D eigenvalue weighted by Crippen LogP contribution is -2.61. The SMILES string of the molecule is [2H]C([2H])(c1cc2c3c(c1)N(c1c(-c4cccc(CC(C)(C)C)c4)cc(C(C)(C)C)cc1-c1cccc(CC(C)(C)C)c1)c1cc(-n4c5ccc(C([2H])([2H])C(C)(C)C)cc5c5cc(C([2H])([2H])C(C)(C)C)ccc54)ccc1B3c1ccc(-n3c4ccc(C([2H])([2H])C(C)(C)C)cc4c4cc(C([2H])([2H])C(C)(C)C)ccc43)cc1N2c1c(-c2cccc(CC(C)(C)C)c2)cc(C(C)(C)C)cc1-c1cccc(CC(C)(C)C)c1)C(C)(C)C. The Bertz CT molecular complexity index is 6920. The third-order valence-electron chi connectivity index (χ3n) is 26.0. The summed E-state index contributed by atoms with van der Waals surface area (Å²) in [5.74, 6) is 0. The quantitative estimate of drug-likeness (QED) is 0.0845.